The van der Waals surface area contributed by atoms with Crippen LogP contribution in [-0.2, 0) is 10.2 Å². The molecule has 0 aromatic heterocycles. The molecule has 1 aromatic carbocycles. The molecule has 1 nitrogen and oxygen atoms in total. The van der Waals surface area contributed by atoms with E-state index in [1.807, 2.05) is 44.2 Å². The van der Waals surface area contributed by atoms with Gasteiger partial charge in [0.15, 0.2) is 8.32 Å². The molecule has 6 heteroatoms. The van der Waals surface area contributed by atoms with Crippen LogP contribution in [0.3, 0.4) is 0 Å². The first-order valence-electron chi connectivity index (χ1n) is 6.45. The molecule has 0 saturated heterocycles. The van der Waals surface area contributed by atoms with Gasteiger partial charge >= 0.3 is 6.18 Å². The second-order valence-electron chi connectivity index (χ2n) is 5.20. The summed E-state index contributed by atoms with van der Waals surface area (Å²) in [6.07, 6.45) is -4.82. The molecule has 0 heterocycles. The average Bonchev–Trinajstić information content (AvgIpc) is 2.34. The fourth-order valence-corrected chi connectivity index (χ4v) is 8.36. The van der Waals surface area contributed by atoms with Gasteiger partial charge in [-0.1, -0.05) is 44.2 Å². The van der Waals surface area contributed by atoms with Crippen molar-refractivity contribution in [2.45, 2.75) is 44.1 Å². The van der Waals surface area contributed by atoms with Gasteiger partial charge in [-0.2, -0.15) is 13.2 Å². The summed E-state index contributed by atoms with van der Waals surface area (Å²) >= 11 is 0. The number of halogens is 3. The molecule has 0 radical (unpaired) electrons. The van der Waals surface area contributed by atoms with Gasteiger partial charge in [-0.15, -0.1) is 0 Å². The summed E-state index contributed by atoms with van der Waals surface area (Å²) in [5.74, 6) is 0. The highest BCUT2D eigenvalue weighted by Crippen LogP contribution is 2.34. The molecule has 0 spiro atoms. The molecule has 0 aliphatic carbocycles. The van der Waals surface area contributed by atoms with Crippen LogP contribution in [0.5, 0.6) is 0 Å². The quantitative estimate of drug-likeness (QED) is 0.732. The molecule has 19 heavy (non-hydrogen) atoms. The van der Waals surface area contributed by atoms with Gasteiger partial charge in [0.1, 0.15) is 10.5 Å². The minimum Gasteiger partial charge on any atom is -0.463 e. The summed E-state index contributed by atoms with van der Waals surface area (Å²) < 4.78 is 43.3. The van der Waals surface area contributed by atoms with Gasteiger partial charge in [0, 0.05) is 6.42 Å². The van der Waals surface area contributed by atoms with Crippen LogP contribution in [0.4, 0.5) is 13.2 Å². The predicted octanol–water partition coefficient (Wildman–Crippen LogP) is 3.37. The van der Waals surface area contributed by atoms with Crippen LogP contribution in [0.2, 0.25) is 11.6 Å². The first kappa shape index (κ1) is 16.5. The maximum atomic E-state index is 12.5. The molecule has 0 saturated carbocycles. The van der Waals surface area contributed by atoms with Gasteiger partial charge in [0.05, 0.1) is 0 Å². The van der Waals surface area contributed by atoms with E-state index in [-0.39, 0.29) is 11.6 Å². The molecule has 108 valence electrons. The Labute approximate surface area is 116 Å². The van der Waals surface area contributed by atoms with E-state index in [0.29, 0.717) is 16.5 Å². The average molecular weight is 306 g/mol. The smallest absolute Gasteiger partial charge is 0.388 e. The molecule has 0 aliphatic heterocycles. The van der Waals surface area contributed by atoms with Gasteiger partial charge < -0.3 is 4.12 Å². The van der Waals surface area contributed by atoms with Crippen LogP contribution < -0.4 is 0 Å². The minimum atomic E-state index is -4.09. The fourth-order valence-electron chi connectivity index (χ4n) is 2.29. The molecule has 0 N–H and O–H groups in total. The van der Waals surface area contributed by atoms with Gasteiger partial charge in [0.25, 0.3) is 0 Å². The topological polar surface area (TPSA) is 9.23 Å². The van der Waals surface area contributed by atoms with Crippen molar-refractivity contribution < 1.29 is 17.3 Å². The van der Waals surface area contributed by atoms with Crippen molar-refractivity contribution in [3.8, 4) is 0 Å². The molecule has 0 amide bonds. The lowest BCUT2D eigenvalue weighted by atomic mass is 10.2. The lowest BCUT2D eigenvalue weighted by molar-refractivity contribution is -0.131. The maximum absolute atomic E-state index is 12.5. The highest BCUT2D eigenvalue weighted by molar-refractivity contribution is 6.76. The lowest BCUT2D eigenvalue weighted by Gasteiger charge is -2.35. The molecular weight excluding hydrogens is 285 g/mol. The van der Waals surface area contributed by atoms with E-state index in [4.69, 9.17) is 4.12 Å². The Balaban J connectivity index is 2.86. The number of benzene rings is 1. The summed E-state index contributed by atoms with van der Waals surface area (Å²) in [6.45, 7) is 3.98. The van der Waals surface area contributed by atoms with Crippen molar-refractivity contribution in [3.63, 3.8) is 0 Å². The number of hydrogen-bond donors (Lipinski definition) is 0. The Kier molecular flexibility index (Phi) is 5.82. The largest absolute Gasteiger partial charge is 0.463 e. The zero-order valence-corrected chi connectivity index (χ0v) is 14.6. The molecule has 1 unspecified atom stereocenters. The Bertz CT molecular complexity index is 381. The van der Waals surface area contributed by atoms with Crippen LogP contribution >= 0.6 is 0 Å². The molecule has 1 rings (SSSR count). The van der Waals surface area contributed by atoms with Crippen molar-refractivity contribution in [3.05, 3.63) is 35.9 Å². The molecule has 1 aromatic rings. The maximum Gasteiger partial charge on any atom is 0.388 e. The van der Waals surface area contributed by atoms with E-state index in [1.165, 1.54) is 0 Å². The van der Waals surface area contributed by atoms with Gasteiger partial charge in [-0.25, -0.2) is 0 Å². The third-order valence-electron chi connectivity index (χ3n) is 3.64. The SMILES string of the molecule is CC(C)[Si](CCC(F)(F)F)(Cc1ccccc1)O[SiH3]. The van der Waals surface area contributed by atoms with Gasteiger partial charge in [-0.05, 0) is 23.2 Å². The predicted molar refractivity (Wildman–Crippen MR) is 77.5 cm³/mol. The normalized spacial score (nSPS) is 15.7. The highest BCUT2D eigenvalue weighted by atomic mass is 28.4. The zero-order chi connectivity index (χ0) is 14.5. The van der Waals surface area contributed by atoms with Crippen molar-refractivity contribution in [1.29, 1.82) is 0 Å². The first-order valence-corrected chi connectivity index (χ1v) is 9.66. The van der Waals surface area contributed by atoms with Crippen molar-refractivity contribution in [2.24, 2.45) is 0 Å². The van der Waals surface area contributed by atoms with Crippen LogP contribution in [0, 0.1) is 0 Å². The highest BCUT2D eigenvalue weighted by Gasteiger charge is 2.41. The van der Waals surface area contributed by atoms with E-state index in [0.717, 1.165) is 5.56 Å². The summed E-state index contributed by atoms with van der Waals surface area (Å²) in [5.41, 5.74) is 1.27. The van der Waals surface area contributed by atoms with Crippen molar-refractivity contribution >= 4 is 18.8 Å². The standard InChI is InChI=1S/C13H21F3OSi2/c1-11(2)19(17-18,9-8-13(14,15)16)10-12-6-4-3-5-7-12/h3-7,11H,8-10H2,1-2,18H3. The van der Waals surface area contributed by atoms with Crippen LogP contribution in [0.15, 0.2) is 30.3 Å². The van der Waals surface area contributed by atoms with E-state index in [1.54, 1.807) is 0 Å². The Morgan fingerprint density at radius 1 is 1.21 bits per heavy atom. The first-order chi connectivity index (χ1) is 8.79. The Hall–Kier alpha value is -0.596. The van der Waals surface area contributed by atoms with Gasteiger partial charge in [0.2, 0.25) is 0 Å². The molecule has 0 aliphatic rings. The second kappa shape index (κ2) is 6.72. The summed E-state index contributed by atoms with van der Waals surface area (Å²) in [6, 6.07) is 10.5. The lowest BCUT2D eigenvalue weighted by Crippen LogP contribution is -2.44. The third-order valence-corrected chi connectivity index (χ3v) is 11.1. The van der Waals surface area contributed by atoms with E-state index < -0.39 is 20.9 Å². The monoisotopic (exact) mass is 306 g/mol. The molecule has 0 bridgehead atoms. The second-order valence-corrected chi connectivity index (χ2v) is 11.0. The molecular formula is C13H21F3OSi2. The van der Waals surface area contributed by atoms with Crippen LogP contribution in [0.1, 0.15) is 25.8 Å². The van der Waals surface area contributed by atoms with E-state index in [2.05, 4.69) is 0 Å². The van der Waals surface area contributed by atoms with E-state index in [9.17, 15) is 13.2 Å². The van der Waals surface area contributed by atoms with E-state index >= 15 is 0 Å². The van der Waals surface area contributed by atoms with Crippen molar-refractivity contribution in [2.75, 3.05) is 0 Å². The van der Waals surface area contributed by atoms with Gasteiger partial charge in [-0.3, -0.25) is 0 Å². The number of rotatable bonds is 6. The summed E-state index contributed by atoms with van der Waals surface area (Å²) in [4.78, 5) is 0. The minimum absolute atomic E-state index is 0.159. The van der Waals surface area contributed by atoms with Crippen LogP contribution in [0.25, 0.3) is 0 Å². The van der Waals surface area contributed by atoms with Crippen molar-refractivity contribution in [1.82, 2.24) is 0 Å². The fraction of sp³-hybridized carbons (Fsp3) is 0.538. The third kappa shape index (κ3) is 5.12. The van der Waals surface area contributed by atoms with Crippen LogP contribution in [-0.4, -0.2) is 25.0 Å². The summed E-state index contributed by atoms with van der Waals surface area (Å²) in [7, 11) is -1.86. The Morgan fingerprint density at radius 3 is 2.21 bits per heavy atom. The Morgan fingerprint density at radius 2 is 1.79 bits per heavy atom. The zero-order valence-electron chi connectivity index (χ0n) is 11.6. The summed E-state index contributed by atoms with van der Waals surface area (Å²) in [5, 5.41) is 0. The molecule has 0 fully saturated rings. The molecule has 1 atom stereocenters. The number of hydrogen-bond acceptors (Lipinski definition) is 1. The number of alkyl halides is 3.